The van der Waals surface area contributed by atoms with Gasteiger partial charge in [-0.1, -0.05) is 13.8 Å². The van der Waals surface area contributed by atoms with Gasteiger partial charge in [0.15, 0.2) is 0 Å². The Kier molecular flexibility index (Phi) is 4.60. The summed E-state index contributed by atoms with van der Waals surface area (Å²) in [6, 6.07) is 0.689. The van der Waals surface area contributed by atoms with Gasteiger partial charge in [0, 0.05) is 18.1 Å². The molecule has 2 nitrogen and oxygen atoms in total. The van der Waals surface area contributed by atoms with Gasteiger partial charge in [0.25, 0.3) is 0 Å². The minimum atomic E-state index is 0.332. The van der Waals surface area contributed by atoms with Gasteiger partial charge < -0.3 is 5.32 Å². The number of likely N-dealkylation sites (N-methyl/N-ethyl adjacent to an activating group) is 1. The molecule has 1 N–H and O–H groups in total. The quantitative estimate of drug-likeness (QED) is 0.770. The molecule has 1 heterocycles. The number of nitrogens with one attached hydrogen (secondary N) is 1. The summed E-state index contributed by atoms with van der Waals surface area (Å²) < 4.78 is 0. The van der Waals surface area contributed by atoms with Crippen LogP contribution >= 0.6 is 0 Å². The van der Waals surface area contributed by atoms with E-state index in [1.165, 1.54) is 32.4 Å². The van der Waals surface area contributed by atoms with Crippen LogP contribution in [0.1, 0.15) is 47.0 Å². The Hall–Kier alpha value is -0.0800. The van der Waals surface area contributed by atoms with Crippen LogP contribution in [0.25, 0.3) is 0 Å². The number of piperidine rings is 1. The topological polar surface area (TPSA) is 15.3 Å². The molecule has 1 saturated heterocycles. The van der Waals surface area contributed by atoms with Crippen molar-refractivity contribution in [1.82, 2.24) is 10.2 Å². The van der Waals surface area contributed by atoms with Crippen molar-refractivity contribution in [2.75, 3.05) is 20.1 Å². The van der Waals surface area contributed by atoms with Crippen molar-refractivity contribution >= 4 is 0 Å². The fourth-order valence-corrected chi connectivity index (χ4v) is 2.17. The van der Waals surface area contributed by atoms with Crippen LogP contribution in [0.3, 0.4) is 0 Å². The molecule has 0 aromatic heterocycles. The zero-order chi connectivity index (χ0) is 11.5. The standard InChI is InChI=1S/C13H28N2/c1-6-13(3,4)15(5)10-12-11(2)8-7-9-14-12/h11-12,14H,6-10H2,1-5H3. The van der Waals surface area contributed by atoms with E-state index in [-0.39, 0.29) is 0 Å². The second kappa shape index (κ2) is 5.31. The molecular formula is C13H28N2. The van der Waals surface area contributed by atoms with E-state index < -0.39 is 0 Å². The predicted octanol–water partition coefficient (Wildman–Crippen LogP) is 2.49. The summed E-state index contributed by atoms with van der Waals surface area (Å²) in [5, 5.41) is 3.65. The third kappa shape index (κ3) is 3.46. The molecule has 0 radical (unpaired) electrons. The summed E-state index contributed by atoms with van der Waals surface area (Å²) in [4.78, 5) is 2.51. The summed E-state index contributed by atoms with van der Waals surface area (Å²) in [5.74, 6) is 0.828. The molecule has 0 aromatic carbocycles. The van der Waals surface area contributed by atoms with Crippen molar-refractivity contribution < 1.29 is 0 Å². The number of hydrogen-bond acceptors (Lipinski definition) is 2. The molecule has 0 spiro atoms. The lowest BCUT2D eigenvalue weighted by Crippen LogP contribution is -2.52. The summed E-state index contributed by atoms with van der Waals surface area (Å²) in [6.45, 7) is 11.7. The Balaban J connectivity index is 2.45. The van der Waals surface area contributed by atoms with Gasteiger partial charge >= 0.3 is 0 Å². The molecule has 0 amide bonds. The van der Waals surface area contributed by atoms with E-state index in [1.54, 1.807) is 0 Å². The van der Waals surface area contributed by atoms with Gasteiger partial charge in [-0.2, -0.15) is 0 Å². The second-order valence-corrected chi connectivity index (χ2v) is 5.73. The Bertz CT molecular complexity index is 189. The van der Waals surface area contributed by atoms with Crippen LogP contribution < -0.4 is 5.32 Å². The SMILES string of the molecule is CCC(C)(C)N(C)CC1NCCCC1C. The molecule has 90 valence electrons. The maximum atomic E-state index is 3.65. The second-order valence-electron chi connectivity index (χ2n) is 5.73. The molecule has 0 bridgehead atoms. The van der Waals surface area contributed by atoms with Crippen molar-refractivity contribution in [2.24, 2.45) is 5.92 Å². The van der Waals surface area contributed by atoms with Gasteiger partial charge in [0.05, 0.1) is 0 Å². The van der Waals surface area contributed by atoms with E-state index in [0.29, 0.717) is 11.6 Å². The van der Waals surface area contributed by atoms with Gasteiger partial charge in [-0.15, -0.1) is 0 Å². The smallest absolute Gasteiger partial charge is 0.0220 e. The first kappa shape index (κ1) is 13.0. The van der Waals surface area contributed by atoms with Crippen LogP contribution in [0.5, 0.6) is 0 Å². The third-order valence-electron chi connectivity index (χ3n) is 4.30. The Labute approximate surface area is 95.4 Å². The minimum absolute atomic E-state index is 0.332. The fourth-order valence-electron chi connectivity index (χ4n) is 2.17. The zero-order valence-corrected chi connectivity index (χ0v) is 11.1. The first-order valence-corrected chi connectivity index (χ1v) is 6.42. The van der Waals surface area contributed by atoms with Gasteiger partial charge in [-0.05, 0) is 52.6 Å². The first-order valence-electron chi connectivity index (χ1n) is 6.42. The lowest BCUT2D eigenvalue weighted by atomic mass is 9.90. The van der Waals surface area contributed by atoms with Gasteiger partial charge in [0.1, 0.15) is 0 Å². The molecule has 0 saturated carbocycles. The maximum absolute atomic E-state index is 3.65. The minimum Gasteiger partial charge on any atom is -0.312 e. The lowest BCUT2D eigenvalue weighted by Gasteiger charge is -2.40. The predicted molar refractivity (Wildman–Crippen MR) is 67.2 cm³/mol. The molecule has 1 rings (SSSR count). The van der Waals surface area contributed by atoms with Gasteiger partial charge in [-0.25, -0.2) is 0 Å². The first-order chi connectivity index (χ1) is 6.97. The molecule has 15 heavy (non-hydrogen) atoms. The molecule has 0 aliphatic carbocycles. The van der Waals surface area contributed by atoms with Crippen LogP contribution in [0.2, 0.25) is 0 Å². The van der Waals surface area contributed by atoms with Crippen LogP contribution in [-0.2, 0) is 0 Å². The normalized spacial score (nSPS) is 28.4. The van der Waals surface area contributed by atoms with Crippen molar-refractivity contribution in [3.8, 4) is 0 Å². The number of nitrogens with zero attached hydrogens (tertiary/aromatic N) is 1. The van der Waals surface area contributed by atoms with E-state index in [9.17, 15) is 0 Å². The van der Waals surface area contributed by atoms with Crippen LogP contribution in [0, 0.1) is 5.92 Å². The Morgan fingerprint density at radius 3 is 2.60 bits per heavy atom. The van der Waals surface area contributed by atoms with E-state index in [2.05, 4.69) is 45.0 Å². The molecular weight excluding hydrogens is 184 g/mol. The van der Waals surface area contributed by atoms with Crippen molar-refractivity contribution in [1.29, 1.82) is 0 Å². The molecule has 2 heteroatoms. The zero-order valence-electron chi connectivity index (χ0n) is 11.1. The molecule has 2 unspecified atom stereocenters. The molecule has 1 aliphatic rings. The molecule has 0 aromatic rings. The summed E-state index contributed by atoms with van der Waals surface area (Å²) in [5.41, 5.74) is 0.332. The van der Waals surface area contributed by atoms with E-state index in [0.717, 1.165) is 5.92 Å². The van der Waals surface area contributed by atoms with E-state index in [4.69, 9.17) is 0 Å². The van der Waals surface area contributed by atoms with E-state index in [1.807, 2.05) is 0 Å². The highest BCUT2D eigenvalue weighted by molar-refractivity contribution is 4.85. The van der Waals surface area contributed by atoms with Crippen molar-refractivity contribution in [3.63, 3.8) is 0 Å². The largest absolute Gasteiger partial charge is 0.312 e. The fraction of sp³-hybridized carbons (Fsp3) is 1.00. The van der Waals surface area contributed by atoms with Crippen LogP contribution in [0.4, 0.5) is 0 Å². The molecule has 1 aliphatic heterocycles. The van der Waals surface area contributed by atoms with Gasteiger partial charge in [0.2, 0.25) is 0 Å². The Morgan fingerprint density at radius 1 is 1.40 bits per heavy atom. The lowest BCUT2D eigenvalue weighted by molar-refractivity contribution is 0.115. The monoisotopic (exact) mass is 212 g/mol. The van der Waals surface area contributed by atoms with Gasteiger partial charge in [-0.3, -0.25) is 4.90 Å². The van der Waals surface area contributed by atoms with Crippen LogP contribution in [-0.4, -0.2) is 36.6 Å². The maximum Gasteiger partial charge on any atom is 0.0220 e. The molecule has 2 atom stereocenters. The number of hydrogen-bond donors (Lipinski definition) is 1. The average molecular weight is 212 g/mol. The number of rotatable bonds is 4. The summed E-state index contributed by atoms with van der Waals surface area (Å²) in [7, 11) is 2.26. The average Bonchev–Trinajstić information content (AvgIpc) is 2.21. The third-order valence-corrected chi connectivity index (χ3v) is 4.30. The highest BCUT2D eigenvalue weighted by atomic mass is 15.2. The summed E-state index contributed by atoms with van der Waals surface area (Å²) in [6.07, 6.45) is 3.95. The highest BCUT2D eigenvalue weighted by Crippen LogP contribution is 2.21. The van der Waals surface area contributed by atoms with Crippen LogP contribution in [0.15, 0.2) is 0 Å². The summed E-state index contributed by atoms with van der Waals surface area (Å²) >= 11 is 0. The molecule has 1 fully saturated rings. The van der Waals surface area contributed by atoms with Crippen molar-refractivity contribution in [2.45, 2.75) is 58.5 Å². The van der Waals surface area contributed by atoms with E-state index >= 15 is 0 Å². The Morgan fingerprint density at radius 2 is 2.07 bits per heavy atom. The highest BCUT2D eigenvalue weighted by Gasteiger charge is 2.27. The van der Waals surface area contributed by atoms with Crippen molar-refractivity contribution in [3.05, 3.63) is 0 Å².